The second kappa shape index (κ2) is 4.42. The van der Waals surface area contributed by atoms with Crippen LogP contribution in [0.2, 0.25) is 5.15 Å². The molecule has 0 bridgehead atoms. The van der Waals surface area contributed by atoms with Crippen LogP contribution in [-0.4, -0.2) is 33.8 Å². The Balaban J connectivity index is 2.15. The molecule has 0 saturated carbocycles. The van der Waals surface area contributed by atoms with Crippen LogP contribution in [0.15, 0.2) is 6.07 Å². The molecule has 2 heterocycles. The van der Waals surface area contributed by atoms with Crippen LogP contribution in [-0.2, 0) is 0 Å². The summed E-state index contributed by atoms with van der Waals surface area (Å²) < 4.78 is 0. The van der Waals surface area contributed by atoms with Gasteiger partial charge >= 0.3 is 0 Å². The van der Waals surface area contributed by atoms with E-state index in [-0.39, 0.29) is 5.92 Å². The van der Waals surface area contributed by atoms with Crippen LogP contribution in [0, 0.1) is 12.8 Å². The average Bonchev–Trinajstić information content (AvgIpc) is 2.63. The summed E-state index contributed by atoms with van der Waals surface area (Å²) in [7, 11) is 0. The number of aliphatic hydroxyl groups is 1. The first-order valence-electron chi connectivity index (χ1n) is 5.85. The van der Waals surface area contributed by atoms with Gasteiger partial charge in [0.15, 0.2) is 0 Å². The molecule has 1 aliphatic heterocycles. The van der Waals surface area contributed by atoms with Gasteiger partial charge < -0.3 is 10.0 Å². The number of anilines is 1. The number of hydrogen-bond donors (Lipinski definition) is 1. The van der Waals surface area contributed by atoms with E-state index in [1.807, 2.05) is 20.8 Å². The molecule has 1 aromatic heterocycles. The zero-order valence-corrected chi connectivity index (χ0v) is 11.2. The van der Waals surface area contributed by atoms with Crippen LogP contribution in [0.3, 0.4) is 0 Å². The Bertz CT molecular complexity index is 396. The van der Waals surface area contributed by atoms with E-state index in [1.54, 1.807) is 6.07 Å². The molecule has 1 N–H and O–H groups in total. The first kappa shape index (κ1) is 12.6. The molecule has 94 valence electrons. The van der Waals surface area contributed by atoms with E-state index < -0.39 is 5.60 Å². The highest BCUT2D eigenvalue weighted by Gasteiger charge is 2.34. The molecule has 0 aliphatic carbocycles. The second-order valence-corrected chi connectivity index (χ2v) is 5.57. The normalized spacial score (nSPS) is 21.0. The summed E-state index contributed by atoms with van der Waals surface area (Å²) in [4.78, 5) is 10.6. The minimum absolute atomic E-state index is 0.275. The van der Waals surface area contributed by atoms with Gasteiger partial charge in [-0.1, -0.05) is 11.6 Å². The molecule has 1 fully saturated rings. The Morgan fingerprint density at radius 3 is 2.71 bits per heavy atom. The van der Waals surface area contributed by atoms with Crippen molar-refractivity contribution in [3.05, 3.63) is 17.0 Å². The van der Waals surface area contributed by atoms with Crippen molar-refractivity contribution in [2.75, 3.05) is 18.0 Å². The number of nitrogens with zero attached hydrogens (tertiary/aromatic N) is 3. The van der Waals surface area contributed by atoms with E-state index in [4.69, 9.17) is 11.6 Å². The topological polar surface area (TPSA) is 49.2 Å². The van der Waals surface area contributed by atoms with Gasteiger partial charge in [0.05, 0.1) is 5.60 Å². The lowest BCUT2D eigenvalue weighted by Gasteiger charge is -2.25. The molecule has 1 aliphatic rings. The summed E-state index contributed by atoms with van der Waals surface area (Å²) in [5.74, 6) is 1.81. The SMILES string of the molecule is Cc1nc(Cl)cc(N2CC[C@@H](C(C)(C)O)C2)n1. The maximum Gasteiger partial charge on any atom is 0.134 e. The van der Waals surface area contributed by atoms with E-state index >= 15 is 0 Å². The largest absolute Gasteiger partial charge is 0.390 e. The van der Waals surface area contributed by atoms with Gasteiger partial charge in [-0.05, 0) is 27.2 Å². The molecule has 5 heteroatoms. The van der Waals surface area contributed by atoms with Crippen molar-refractivity contribution >= 4 is 17.4 Å². The number of rotatable bonds is 2. The van der Waals surface area contributed by atoms with Crippen molar-refractivity contribution in [2.24, 2.45) is 5.92 Å². The van der Waals surface area contributed by atoms with Crippen LogP contribution in [0.25, 0.3) is 0 Å². The highest BCUT2D eigenvalue weighted by Crippen LogP contribution is 2.30. The standard InChI is InChI=1S/C12H18ClN3O/c1-8-14-10(13)6-11(15-8)16-5-4-9(7-16)12(2,3)17/h6,9,17H,4-5,7H2,1-3H3/t9-/m1/s1. The minimum atomic E-state index is -0.638. The molecule has 0 unspecified atom stereocenters. The molecule has 0 aromatic carbocycles. The van der Waals surface area contributed by atoms with Crippen molar-refractivity contribution in [1.82, 2.24) is 9.97 Å². The monoisotopic (exact) mass is 255 g/mol. The number of aryl methyl sites for hydroxylation is 1. The molecular weight excluding hydrogens is 238 g/mol. The zero-order chi connectivity index (χ0) is 12.6. The number of aromatic nitrogens is 2. The fourth-order valence-electron chi connectivity index (χ4n) is 2.22. The number of halogens is 1. The Labute approximate surface area is 107 Å². The summed E-state index contributed by atoms with van der Waals surface area (Å²) in [6.07, 6.45) is 0.976. The summed E-state index contributed by atoms with van der Waals surface area (Å²) in [5.41, 5.74) is -0.638. The van der Waals surface area contributed by atoms with E-state index in [9.17, 15) is 5.11 Å². The zero-order valence-electron chi connectivity index (χ0n) is 10.4. The van der Waals surface area contributed by atoms with Gasteiger partial charge in [0.1, 0.15) is 16.8 Å². The van der Waals surface area contributed by atoms with Crippen molar-refractivity contribution in [3.63, 3.8) is 0 Å². The Morgan fingerprint density at radius 2 is 2.18 bits per heavy atom. The van der Waals surface area contributed by atoms with Gasteiger partial charge in [-0.3, -0.25) is 0 Å². The Kier molecular flexibility index (Phi) is 3.27. The molecule has 1 atom stereocenters. The van der Waals surface area contributed by atoms with Crippen LogP contribution in [0.4, 0.5) is 5.82 Å². The van der Waals surface area contributed by atoms with Crippen LogP contribution in [0.1, 0.15) is 26.1 Å². The highest BCUT2D eigenvalue weighted by molar-refractivity contribution is 6.29. The average molecular weight is 256 g/mol. The van der Waals surface area contributed by atoms with Gasteiger partial charge in [0.25, 0.3) is 0 Å². The predicted octanol–water partition coefficient (Wildman–Crippen LogP) is 2.04. The Hall–Kier alpha value is -0.870. The summed E-state index contributed by atoms with van der Waals surface area (Å²) >= 11 is 5.93. The van der Waals surface area contributed by atoms with Crippen molar-refractivity contribution in [1.29, 1.82) is 0 Å². The van der Waals surface area contributed by atoms with Gasteiger partial charge in [-0.2, -0.15) is 0 Å². The summed E-state index contributed by atoms with van der Waals surface area (Å²) in [6.45, 7) is 7.27. The molecule has 4 nitrogen and oxygen atoms in total. The molecule has 0 radical (unpaired) electrons. The van der Waals surface area contributed by atoms with E-state index in [0.717, 1.165) is 25.3 Å². The lowest BCUT2D eigenvalue weighted by molar-refractivity contribution is 0.0263. The molecule has 1 saturated heterocycles. The molecule has 2 rings (SSSR count). The van der Waals surface area contributed by atoms with Crippen molar-refractivity contribution in [3.8, 4) is 0 Å². The van der Waals surface area contributed by atoms with Crippen LogP contribution in [0.5, 0.6) is 0 Å². The maximum absolute atomic E-state index is 10.0. The highest BCUT2D eigenvalue weighted by atomic mass is 35.5. The summed E-state index contributed by atoms with van der Waals surface area (Å²) in [6, 6.07) is 1.78. The third kappa shape index (κ3) is 2.87. The maximum atomic E-state index is 10.0. The Morgan fingerprint density at radius 1 is 1.47 bits per heavy atom. The smallest absolute Gasteiger partial charge is 0.134 e. The lowest BCUT2D eigenvalue weighted by Crippen LogP contribution is -2.33. The third-order valence-corrected chi connectivity index (χ3v) is 3.50. The third-order valence-electron chi connectivity index (χ3n) is 3.30. The van der Waals surface area contributed by atoms with Gasteiger partial charge in [-0.15, -0.1) is 0 Å². The fourth-order valence-corrected chi connectivity index (χ4v) is 2.44. The second-order valence-electron chi connectivity index (χ2n) is 5.18. The van der Waals surface area contributed by atoms with Crippen LogP contribution < -0.4 is 4.90 Å². The lowest BCUT2D eigenvalue weighted by atomic mass is 9.90. The summed E-state index contributed by atoms with van der Waals surface area (Å²) in [5, 5.41) is 10.5. The molecule has 0 amide bonds. The quantitative estimate of drug-likeness (QED) is 0.822. The first-order valence-corrected chi connectivity index (χ1v) is 6.22. The molecule has 17 heavy (non-hydrogen) atoms. The van der Waals surface area contributed by atoms with E-state index in [0.29, 0.717) is 11.0 Å². The van der Waals surface area contributed by atoms with Crippen LogP contribution >= 0.6 is 11.6 Å². The first-order chi connectivity index (χ1) is 7.86. The van der Waals surface area contributed by atoms with E-state index in [2.05, 4.69) is 14.9 Å². The van der Waals surface area contributed by atoms with Gasteiger partial charge in [0, 0.05) is 25.1 Å². The molecular formula is C12H18ClN3O. The van der Waals surface area contributed by atoms with E-state index in [1.165, 1.54) is 0 Å². The molecule has 0 spiro atoms. The predicted molar refractivity (Wildman–Crippen MR) is 68.4 cm³/mol. The van der Waals surface area contributed by atoms with Gasteiger partial charge in [0.2, 0.25) is 0 Å². The molecule has 1 aromatic rings. The minimum Gasteiger partial charge on any atom is -0.390 e. The van der Waals surface area contributed by atoms with Gasteiger partial charge in [-0.25, -0.2) is 9.97 Å². The number of hydrogen-bond acceptors (Lipinski definition) is 4. The van der Waals surface area contributed by atoms with Crippen molar-refractivity contribution < 1.29 is 5.11 Å². The van der Waals surface area contributed by atoms with Crippen molar-refractivity contribution in [2.45, 2.75) is 32.8 Å². The fraction of sp³-hybridized carbons (Fsp3) is 0.667.